The average Bonchev–Trinajstić information content (AvgIpc) is 2.66. The van der Waals surface area contributed by atoms with Gasteiger partial charge in [-0.2, -0.15) is 0 Å². The third-order valence-corrected chi connectivity index (χ3v) is 4.21. The van der Waals surface area contributed by atoms with Gasteiger partial charge in [-0.1, -0.05) is 24.3 Å². The lowest BCUT2D eigenvalue weighted by atomic mass is 9.85. The van der Waals surface area contributed by atoms with Crippen LogP contribution in [0.2, 0.25) is 0 Å². The highest BCUT2D eigenvalue weighted by atomic mass is 16.5. The SMILES string of the molecule is COC(=O)C(C)(C)c1ccc(NC(=O)NCc2ccc(C(=O)O)cc2)cc1. The molecule has 0 aliphatic carbocycles. The zero-order valence-electron chi connectivity index (χ0n) is 15.4. The molecule has 0 unspecified atom stereocenters. The Labute approximate surface area is 157 Å². The predicted molar refractivity (Wildman–Crippen MR) is 101 cm³/mol. The topological polar surface area (TPSA) is 105 Å². The Morgan fingerprint density at radius 2 is 1.59 bits per heavy atom. The van der Waals surface area contributed by atoms with E-state index in [4.69, 9.17) is 9.84 Å². The van der Waals surface area contributed by atoms with Crippen LogP contribution in [0.1, 0.15) is 35.3 Å². The third kappa shape index (κ3) is 5.07. The van der Waals surface area contributed by atoms with Gasteiger partial charge in [-0.3, -0.25) is 4.79 Å². The number of carboxylic acid groups (broad SMARTS) is 1. The number of methoxy groups -OCH3 is 1. The van der Waals surface area contributed by atoms with Crippen LogP contribution in [0.25, 0.3) is 0 Å². The van der Waals surface area contributed by atoms with E-state index in [0.29, 0.717) is 5.69 Å². The molecule has 0 radical (unpaired) electrons. The number of urea groups is 1. The van der Waals surface area contributed by atoms with Gasteiger partial charge in [0.1, 0.15) is 0 Å². The molecule has 0 spiro atoms. The van der Waals surface area contributed by atoms with E-state index in [1.807, 2.05) is 0 Å². The minimum Gasteiger partial charge on any atom is -0.478 e. The van der Waals surface area contributed by atoms with E-state index in [0.717, 1.165) is 11.1 Å². The molecule has 0 aliphatic heterocycles. The molecule has 2 aromatic carbocycles. The van der Waals surface area contributed by atoms with E-state index >= 15 is 0 Å². The molecule has 0 bridgehead atoms. The van der Waals surface area contributed by atoms with Crippen molar-refractivity contribution in [2.24, 2.45) is 0 Å². The van der Waals surface area contributed by atoms with Crippen LogP contribution in [0.15, 0.2) is 48.5 Å². The summed E-state index contributed by atoms with van der Waals surface area (Å²) in [6.45, 7) is 3.80. The van der Waals surface area contributed by atoms with Gasteiger partial charge in [0.05, 0.1) is 18.1 Å². The Kier molecular flexibility index (Phi) is 6.18. The first-order chi connectivity index (χ1) is 12.7. The number of benzene rings is 2. The number of aromatic carboxylic acids is 1. The summed E-state index contributed by atoms with van der Waals surface area (Å²) >= 11 is 0. The van der Waals surface area contributed by atoms with E-state index in [-0.39, 0.29) is 18.1 Å². The van der Waals surface area contributed by atoms with E-state index in [2.05, 4.69) is 10.6 Å². The van der Waals surface area contributed by atoms with Crippen LogP contribution in [-0.4, -0.2) is 30.2 Å². The second kappa shape index (κ2) is 8.35. The minimum atomic E-state index is -0.994. The molecular formula is C20H22N2O5. The number of ether oxygens (including phenoxy) is 1. The normalized spacial score (nSPS) is 10.8. The molecule has 3 N–H and O–H groups in total. The number of amides is 2. The highest BCUT2D eigenvalue weighted by Crippen LogP contribution is 2.25. The number of hydrogen-bond donors (Lipinski definition) is 3. The first kappa shape index (κ1) is 20.0. The Morgan fingerprint density at radius 3 is 2.11 bits per heavy atom. The molecule has 0 fully saturated rings. The van der Waals surface area contributed by atoms with Crippen molar-refractivity contribution in [2.75, 3.05) is 12.4 Å². The molecule has 142 valence electrons. The number of esters is 1. The highest BCUT2D eigenvalue weighted by Gasteiger charge is 2.30. The van der Waals surface area contributed by atoms with Crippen LogP contribution in [0.3, 0.4) is 0 Å². The highest BCUT2D eigenvalue weighted by molar-refractivity contribution is 5.89. The first-order valence-corrected chi connectivity index (χ1v) is 8.30. The van der Waals surface area contributed by atoms with Gasteiger partial charge in [0.15, 0.2) is 0 Å². The minimum absolute atomic E-state index is 0.193. The zero-order chi connectivity index (χ0) is 20.0. The van der Waals surface area contributed by atoms with Crippen molar-refractivity contribution in [3.63, 3.8) is 0 Å². The van der Waals surface area contributed by atoms with Crippen molar-refractivity contribution >= 4 is 23.7 Å². The number of carbonyl (C=O) groups is 3. The number of hydrogen-bond acceptors (Lipinski definition) is 4. The van der Waals surface area contributed by atoms with Crippen LogP contribution in [-0.2, 0) is 21.5 Å². The summed E-state index contributed by atoms with van der Waals surface area (Å²) < 4.78 is 4.81. The fourth-order valence-electron chi connectivity index (χ4n) is 2.47. The van der Waals surface area contributed by atoms with Gasteiger partial charge in [0, 0.05) is 12.2 Å². The number of nitrogens with one attached hydrogen (secondary N) is 2. The summed E-state index contributed by atoms with van der Waals surface area (Å²) in [6, 6.07) is 12.8. The van der Waals surface area contributed by atoms with Crippen LogP contribution < -0.4 is 10.6 Å². The fourth-order valence-corrected chi connectivity index (χ4v) is 2.47. The molecule has 27 heavy (non-hydrogen) atoms. The lowest BCUT2D eigenvalue weighted by molar-refractivity contribution is -0.146. The fraction of sp³-hybridized carbons (Fsp3) is 0.250. The molecule has 0 aliphatic rings. The number of carbonyl (C=O) groups excluding carboxylic acids is 2. The first-order valence-electron chi connectivity index (χ1n) is 8.30. The summed E-state index contributed by atoms with van der Waals surface area (Å²) in [5.74, 6) is -1.33. The maximum absolute atomic E-state index is 12.0. The molecule has 2 aromatic rings. The Bertz CT molecular complexity index is 826. The van der Waals surface area contributed by atoms with E-state index in [1.54, 1.807) is 50.2 Å². The zero-order valence-corrected chi connectivity index (χ0v) is 15.4. The third-order valence-electron chi connectivity index (χ3n) is 4.21. The second-order valence-corrected chi connectivity index (χ2v) is 6.50. The molecule has 0 heterocycles. The molecular weight excluding hydrogens is 348 g/mol. The Morgan fingerprint density at radius 1 is 1.00 bits per heavy atom. The van der Waals surface area contributed by atoms with Crippen molar-refractivity contribution in [1.29, 1.82) is 0 Å². The van der Waals surface area contributed by atoms with Crippen LogP contribution in [0, 0.1) is 0 Å². The quantitative estimate of drug-likeness (QED) is 0.678. The monoisotopic (exact) mass is 370 g/mol. The maximum atomic E-state index is 12.0. The lowest BCUT2D eigenvalue weighted by Gasteiger charge is -2.22. The second-order valence-electron chi connectivity index (χ2n) is 6.50. The molecule has 0 aromatic heterocycles. The van der Waals surface area contributed by atoms with Crippen molar-refractivity contribution in [3.05, 3.63) is 65.2 Å². The van der Waals surface area contributed by atoms with Gasteiger partial charge in [-0.15, -0.1) is 0 Å². The van der Waals surface area contributed by atoms with Gasteiger partial charge >= 0.3 is 18.0 Å². The van der Waals surface area contributed by atoms with Crippen molar-refractivity contribution in [1.82, 2.24) is 5.32 Å². The Balaban J connectivity index is 1.92. The average molecular weight is 370 g/mol. The lowest BCUT2D eigenvalue weighted by Crippen LogP contribution is -2.30. The van der Waals surface area contributed by atoms with Crippen molar-refractivity contribution < 1.29 is 24.2 Å². The van der Waals surface area contributed by atoms with Crippen LogP contribution >= 0.6 is 0 Å². The molecule has 2 rings (SSSR count). The maximum Gasteiger partial charge on any atom is 0.335 e. The summed E-state index contributed by atoms with van der Waals surface area (Å²) in [6.07, 6.45) is 0. The predicted octanol–water partition coefficient (Wildman–Crippen LogP) is 3.16. The number of carboxylic acids is 1. The molecule has 0 saturated carbocycles. The largest absolute Gasteiger partial charge is 0.478 e. The number of rotatable bonds is 6. The summed E-state index contributed by atoms with van der Waals surface area (Å²) in [4.78, 5) is 34.7. The van der Waals surface area contributed by atoms with Crippen LogP contribution in [0.5, 0.6) is 0 Å². The van der Waals surface area contributed by atoms with Gasteiger partial charge in [0.2, 0.25) is 0 Å². The standard InChI is InChI=1S/C20H22N2O5/c1-20(2,18(25)27-3)15-8-10-16(11-9-15)22-19(26)21-12-13-4-6-14(7-5-13)17(23)24/h4-11H,12H2,1-3H3,(H,23,24)(H2,21,22,26). The van der Waals surface area contributed by atoms with Gasteiger partial charge in [-0.25, -0.2) is 9.59 Å². The van der Waals surface area contributed by atoms with Gasteiger partial charge in [-0.05, 0) is 49.2 Å². The van der Waals surface area contributed by atoms with E-state index in [9.17, 15) is 14.4 Å². The summed E-state index contributed by atoms with van der Waals surface area (Å²) in [7, 11) is 1.35. The van der Waals surface area contributed by atoms with Crippen molar-refractivity contribution in [3.8, 4) is 0 Å². The number of anilines is 1. The molecule has 7 nitrogen and oxygen atoms in total. The van der Waals surface area contributed by atoms with Crippen molar-refractivity contribution in [2.45, 2.75) is 25.8 Å². The van der Waals surface area contributed by atoms with E-state index in [1.165, 1.54) is 19.2 Å². The summed E-state index contributed by atoms with van der Waals surface area (Å²) in [5, 5.41) is 14.3. The molecule has 0 atom stereocenters. The van der Waals surface area contributed by atoms with Gasteiger partial charge < -0.3 is 20.5 Å². The van der Waals surface area contributed by atoms with E-state index < -0.39 is 17.4 Å². The van der Waals surface area contributed by atoms with Gasteiger partial charge in [0.25, 0.3) is 0 Å². The molecule has 2 amide bonds. The van der Waals surface area contributed by atoms with Crippen LogP contribution in [0.4, 0.5) is 10.5 Å². The summed E-state index contributed by atoms with van der Waals surface area (Å²) in [5.41, 5.74) is 1.55. The molecule has 0 saturated heterocycles. The Hall–Kier alpha value is -3.35. The smallest absolute Gasteiger partial charge is 0.335 e. The molecule has 7 heteroatoms.